The normalized spacial score (nSPS) is 18.5. The number of hydrogen-bond donors (Lipinski definition) is 1. The van der Waals surface area contributed by atoms with E-state index in [0.717, 1.165) is 36.1 Å². The molecule has 0 amide bonds. The summed E-state index contributed by atoms with van der Waals surface area (Å²) in [5.74, 6) is 1.16. The molecule has 2 aromatic heterocycles. The van der Waals surface area contributed by atoms with Crippen LogP contribution in [-0.2, 0) is 0 Å². The van der Waals surface area contributed by atoms with E-state index in [2.05, 4.69) is 32.4 Å². The lowest BCUT2D eigenvalue weighted by Gasteiger charge is -2.30. The van der Waals surface area contributed by atoms with Crippen molar-refractivity contribution in [3.05, 3.63) is 41.3 Å². The van der Waals surface area contributed by atoms with Crippen LogP contribution in [0.4, 0.5) is 0 Å². The number of hydrogen-bond acceptors (Lipinski definition) is 6. The predicted octanol–water partition coefficient (Wildman–Crippen LogP) is 2.94. The maximum absolute atomic E-state index is 6.24. The molecule has 1 aliphatic rings. The molecule has 8 heteroatoms. The van der Waals surface area contributed by atoms with E-state index in [4.69, 9.17) is 16.1 Å². The number of nitrogens with one attached hydrogen (secondary N) is 1. The van der Waals surface area contributed by atoms with Gasteiger partial charge in [0.05, 0.1) is 22.1 Å². The van der Waals surface area contributed by atoms with Gasteiger partial charge in [-0.25, -0.2) is 0 Å². The number of pyridine rings is 1. The van der Waals surface area contributed by atoms with Crippen molar-refractivity contribution >= 4 is 34.9 Å². The highest BCUT2D eigenvalue weighted by Gasteiger charge is 2.26. The Hall–Kier alpha value is -1.73. The maximum Gasteiger partial charge on any atom is 0.260 e. The Labute approximate surface area is 150 Å². The summed E-state index contributed by atoms with van der Waals surface area (Å²) >= 11 is 6.24. The Kier molecular flexibility index (Phi) is 5.01. The Morgan fingerprint density at radius 3 is 3.04 bits per heavy atom. The molecule has 6 nitrogen and oxygen atoms in total. The van der Waals surface area contributed by atoms with Crippen LogP contribution in [0.2, 0.25) is 5.02 Å². The van der Waals surface area contributed by atoms with Crippen LogP contribution in [0.15, 0.2) is 35.0 Å². The maximum atomic E-state index is 6.24. The van der Waals surface area contributed by atoms with Crippen LogP contribution in [-0.4, -0.2) is 46.7 Å². The van der Waals surface area contributed by atoms with Gasteiger partial charge >= 0.3 is 0 Å². The Balaban J connectivity index is 0.00000169. The third-order valence-corrected chi connectivity index (χ3v) is 4.53. The molecule has 1 N–H and O–H groups in total. The Morgan fingerprint density at radius 1 is 1.33 bits per heavy atom. The number of nitrogens with zero attached hydrogens (tertiary/aromatic N) is 4. The molecule has 0 aliphatic carbocycles. The van der Waals surface area contributed by atoms with Crippen molar-refractivity contribution in [2.75, 3.05) is 26.7 Å². The largest absolute Gasteiger partial charge is 0.334 e. The smallest absolute Gasteiger partial charge is 0.260 e. The minimum atomic E-state index is 0. The molecular weight excluding hydrogens is 349 g/mol. The van der Waals surface area contributed by atoms with Gasteiger partial charge in [0, 0.05) is 31.2 Å². The second-order valence-corrected chi connectivity index (χ2v) is 6.06. The molecule has 1 unspecified atom stereocenters. The molecule has 3 heterocycles. The molecular formula is C16H17Cl2N5O. The van der Waals surface area contributed by atoms with Gasteiger partial charge in [0.1, 0.15) is 0 Å². The van der Waals surface area contributed by atoms with E-state index >= 15 is 0 Å². The predicted molar refractivity (Wildman–Crippen MR) is 95.5 cm³/mol. The summed E-state index contributed by atoms with van der Waals surface area (Å²) < 4.78 is 5.50. The minimum Gasteiger partial charge on any atom is -0.334 e. The second kappa shape index (κ2) is 7.03. The first kappa shape index (κ1) is 17.1. The highest BCUT2D eigenvalue weighted by atomic mass is 35.5. The fourth-order valence-corrected chi connectivity index (χ4v) is 3.10. The van der Waals surface area contributed by atoms with Crippen LogP contribution < -0.4 is 5.32 Å². The third-order valence-electron chi connectivity index (χ3n) is 4.20. The molecule has 0 saturated carbocycles. The second-order valence-electron chi connectivity index (χ2n) is 5.65. The summed E-state index contributed by atoms with van der Waals surface area (Å²) in [6, 6.07) is 7.62. The molecule has 1 saturated heterocycles. The molecule has 1 aliphatic heterocycles. The molecule has 126 valence electrons. The van der Waals surface area contributed by atoms with Crippen molar-refractivity contribution in [1.82, 2.24) is 25.3 Å². The van der Waals surface area contributed by atoms with Gasteiger partial charge in [-0.1, -0.05) is 16.8 Å². The van der Waals surface area contributed by atoms with Gasteiger partial charge < -0.3 is 9.84 Å². The van der Waals surface area contributed by atoms with Gasteiger partial charge in [0.25, 0.3) is 5.89 Å². The fourth-order valence-electron chi connectivity index (χ4n) is 2.88. The number of benzene rings is 1. The third kappa shape index (κ3) is 2.98. The van der Waals surface area contributed by atoms with Crippen LogP contribution in [0.3, 0.4) is 0 Å². The lowest BCUT2D eigenvalue weighted by Crippen LogP contribution is -2.44. The lowest BCUT2D eigenvalue weighted by molar-refractivity contribution is 0.190. The molecule has 0 radical (unpaired) electrons. The summed E-state index contributed by atoms with van der Waals surface area (Å²) in [5, 5.41) is 9.06. The standard InChI is InChI=1S/C16H16ClN5O.ClH/c1-22-8-7-18-9-13(22)15-20-16(23-21-15)11-4-5-12(17)10-3-2-6-19-14(10)11;/h2-6,13,18H,7-9H2,1H3;1H. The van der Waals surface area contributed by atoms with Crippen LogP contribution >= 0.6 is 24.0 Å². The zero-order chi connectivity index (χ0) is 15.8. The molecule has 1 aromatic carbocycles. The lowest BCUT2D eigenvalue weighted by atomic mass is 10.1. The Morgan fingerprint density at radius 2 is 2.21 bits per heavy atom. The summed E-state index contributed by atoms with van der Waals surface area (Å²) in [4.78, 5) is 11.2. The number of likely N-dealkylation sites (N-methyl/N-ethyl adjacent to an activating group) is 1. The van der Waals surface area contributed by atoms with E-state index in [1.165, 1.54) is 0 Å². The number of rotatable bonds is 2. The van der Waals surface area contributed by atoms with Gasteiger partial charge in [-0.05, 0) is 31.3 Å². The summed E-state index contributed by atoms with van der Waals surface area (Å²) in [7, 11) is 2.07. The van der Waals surface area contributed by atoms with Crippen LogP contribution in [0.25, 0.3) is 22.4 Å². The topological polar surface area (TPSA) is 67.1 Å². The highest BCUT2D eigenvalue weighted by Crippen LogP contribution is 2.31. The first-order valence-corrected chi connectivity index (χ1v) is 7.90. The average Bonchev–Trinajstić information content (AvgIpc) is 3.05. The van der Waals surface area contributed by atoms with Crippen molar-refractivity contribution < 1.29 is 4.52 Å². The van der Waals surface area contributed by atoms with Crippen LogP contribution in [0.1, 0.15) is 11.9 Å². The van der Waals surface area contributed by atoms with Crippen molar-refractivity contribution in [1.29, 1.82) is 0 Å². The Bertz CT molecular complexity index is 853. The molecule has 0 spiro atoms. The molecule has 1 fully saturated rings. The summed E-state index contributed by atoms with van der Waals surface area (Å²) in [5.41, 5.74) is 1.57. The van der Waals surface area contributed by atoms with E-state index in [1.54, 1.807) is 6.20 Å². The number of halogens is 2. The quantitative estimate of drug-likeness (QED) is 0.752. The fraction of sp³-hybridized carbons (Fsp3) is 0.312. The van der Waals surface area contributed by atoms with E-state index in [0.29, 0.717) is 16.7 Å². The molecule has 0 bridgehead atoms. The van der Waals surface area contributed by atoms with Crippen molar-refractivity contribution in [3.63, 3.8) is 0 Å². The van der Waals surface area contributed by atoms with Crippen LogP contribution in [0.5, 0.6) is 0 Å². The van der Waals surface area contributed by atoms with Gasteiger partial charge in [-0.3, -0.25) is 9.88 Å². The number of aromatic nitrogens is 3. The van der Waals surface area contributed by atoms with Crippen LogP contribution in [0, 0.1) is 0 Å². The van der Waals surface area contributed by atoms with Crippen molar-refractivity contribution in [2.45, 2.75) is 6.04 Å². The first-order chi connectivity index (χ1) is 11.2. The summed E-state index contributed by atoms with van der Waals surface area (Å²) in [6.45, 7) is 2.75. The minimum absolute atomic E-state index is 0. The molecule has 3 aromatic rings. The van der Waals surface area contributed by atoms with Crippen molar-refractivity contribution in [2.24, 2.45) is 0 Å². The van der Waals surface area contributed by atoms with Gasteiger partial charge in [-0.15, -0.1) is 12.4 Å². The average molecular weight is 366 g/mol. The molecule has 24 heavy (non-hydrogen) atoms. The zero-order valence-electron chi connectivity index (χ0n) is 13.1. The van der Waals surface area contributed by atoms with E-state index in [1.807, 2.05) is 24.3 Å². The van der Waals surface area contributed by atoms with Crippen molar-refractivity contribution in [3.8, 4) is 11.5 Å². The van der Waals surface area contributed by atoms with Gasteiger partial charge in [-0.2, -0.15) is 4.98 Å². The first-order valence-electron chi connectivity index (χ1n) is 7.52. The SMILES string of the molecule is CN1CCNCC1c1noc(-c2ccc(Cl)c3cccnc23)n1.Cl. The number of piperazine rings is 1. The van der Waals surface area contributed by atoms with E-state index in [9.17, 15) is 0 Å². The highest BCUT2D eigenvalue weighted by molar-refractivity contribution is 6.35. The van der Waals surface area contributed by atoms with Gasteiger partial charge in [0.2, 0.25) is 0 Å². The zero-order valence-corrected chi connectivity index (χ0v) is 14.6. The number of fused-ring (bicyclic) bond motifs is 1. The van der Waals surface area contributed by atoms with Gasteiger partial charge in [0.15, 0.2) is 5.82 Å². The monoisotopic (exact) mass is 365 g/mol. The van der Waals surface area contributed by atoms with E-state index < -0.39 is 0 Å². The molecule has 1 atom stereocenters. The molecule has 4 rings (SSSR count). The summed E-state index contributed by atoms with van der Waals surface area (Å²) in [6.07, 6.45) is 1.73. The van der Waals surface area contributed by atoms with E-state index in [-0.39, 0.29) is 18.4 Å².